The molecule has 0 saturated heterocycles. The lowest BCUT2D eigenvalue weighted by Crippen LogP contribution is -2.39. The monoisotopic (exact) mass is 310 g/mol. The van der Waals surface area contributed by atoms with Crippen molar-refractivity contribution in [3.8, 4) is 0 Å². The van der Waals surface area contributed by atoms with Crippen LogP contribution in [0.25, 0.3) is 0 Å². The summed E-state index contributed by atoms with van der Waals surface area (Å²) >= 11 is 3.86. The van der Waals surface area contributed by atoms with Gasteiger partial charge in [0.15, 0.2) is 5.08 Å². The minimum atomic E-state index is 0.327. The summed E-state index contributed by atoms with van der Waals surface area (Å²) < 4.78 is 0. The molecular formula is C15H23BrN2. The zero-order chi connectivity index (χ0) is 13.0. The van der Waals surface area contributed by atoms with E-state index < -0.39 is 0 Å². The van der Waals surface area contributed by atoms with E-state index in [1.165, 1.54) is 37.1 Å². The molecule has 1 aromatic rings. The smallest absolute Gasteiger partial charge is 0.159 e. The van der Waals surface area contributed by atoms with E-state index in [-0.39, 0.29) is 0 Å². The molecule has 0 bridgehead atoms. The molecule has 0 aromatic heterocycles. The van der Waals surface area contributed by atoms with Gasteiger partial charge in [0.25, 0.3) is 0 Å². The van der Waals surface area contributed by atoms with E-state index in [9.17, 15) is 0 Å². The second kappa shape index (κ2) is 6.46. The van der Waals surface area contributed by atoms with Crippen LogP contribution >= 0.6 is 15.9 Å². The Balaban J connectivity index is 2.19. The van der Waals surface area contributed by atoms with Crippen molar-refractivity contribution in [3.05, 3.63) is 24.3 Å². The van der Waals surface area contributed by atoms with E-state index in [4.69, 9.17) is 0 Å². The third kappa shape index (κ3) is 2.66. The molecule has 1 aliphatic heterocycles. The third-order valence-electron chi connectivity index (χ3n) is 3.52. The van der Waals surface area contributed by atoms with Crippen molar-refractivity contribution in [2.75, 3.05) is 22.9 Å². The lowest BCUT2D eigenvalue weighted by Gasteiger charge is -2.28. The largest absolute Gasteiger partial charge is 0.341 e. The van der Waals surface area contributed by atoms with Gasteiger partial charge < -0.3 is 9.80 Å². The molecule has 0 saturated carbocycles. The fourth-order valence-electron chi connectivity index (χ4n) is 2.46. The number of hydrogen-bond acceptors (Lipinski definition) is 2. The normalized spacial score (nSPS) is 15.3. The van der Waals surface area contributed by atoms with E-state index in [2.05, 4.69) is 63.8 Å². The van der Waals surface area contributed by atoms with Gasteiger partial charge in [0.1, 0.15) is 0 Å². The highest BCUT2D eigenvalue weighted by atomic mass is 79.9. The van der Waals surface area contributed by atoms with E-state index in [1.54, 1.807) is 0 Å². The van der Waals surface area contributed by atoms with Crippen LogP contribution in [0.5, 0.6) is 0 Å². The molecule has 0 atom stereocenters. The summed E-state index contributed by atoms with van der Waals surface area (Å²) in [4.78, 5) is 4.96. The van der Waals surface area contributed by atoms with Crippen LogP contribution < -0.4 is 9.80 Å². The maximum Gasteiger partial charge on any atom is 0.159 e. The van der Waals surface area contributed by atoms with Crippen LogP contribution in [0.3, 0.4) is 0 Å². The fraction of sp³-hybridized carbons (Fsp3) is 0.600. The van der Waals surface area contributed by atoms with Gasteiger partial charge in [0, 0.05) is 13.1 Å². The molecule has 0 fully saturated rings. The maximum absolute atomic E-state index is 3.86. The quantitative estimate of drug-likeness (QED) is 0.560. The Kier molecular flexibility index (Phi) is 4.93. The molecule has 2 rings (SSSR count). The fourth-order valence-corrected chi connectivity index (χ4v) is 3.31. The van der Waals surface area contributed by atoms with Crippen LogP contribution in [0, 0.1) is 0 Å². The zero-order valence-corrected chi connectivity index (χ0v) is 13.0. The number of fused-ring (bicyclic) bond motifs is 1. The number of para-hydroxylation sites is 2. The number of unbranched alkanes of at least 4 members (excludes halogenated alkanes) is 2. The highest BCUT2D eigenvalue weighted by Gasteiger charge is 2.32. The molecule has 0 unspecified atom stereocenters. The Morgan fingerprint density at radius 2 is 1.39 bits per heavy atom. The Morgan fingerprint density at radius 3 is 1.78 bits per heavy atom. The van der Waals surface area contributed by atoms with Gasteiger partial charge in [0.2, 0.25) is 0 Å². The van der Waals surface area contributed by atoms with Gasteiger partial charge >= 0.3 is 0 Å². The molecule has 18 heavy (non-hydrogen) atoms. The van der Waals surface area contributed by atoms with E-state index >= 15 is 0 Å². The average molecular weight is 311 g/mol. The highest BCUT2D eigenvalue weighted by Crippen LogP contribution is 2.41. The van der Waals surface area contributed by atoms with E-state index in [0.717, 1.165) is 13.1 Å². The van der Waals surface area contributed by atoms with Crippen LogP contribution in [0.15, 0.2) is 24.3 Å². The van der Waals surface area contributed by atoms with Gasteiger partial charge in [-0.3, -0.25) is 0 Å². The molecule has 0 amide bonds. The Morgan fingerprint density at radius 1 is 0.944 bits per heavy atom. The Bertz CT molecular complexity index is 346. The van der Waals surface area contributed by atoms with Crippen molar-refractivity contribution in [1.29, 1.82) is 0 Å². The minimum Gasteiger partial charge on any atom is -0.341 e. The molecule has 0 spiro atoms. The maximum atomic E-state index is 3.86. The van der Waals surface area contributed by atoms with Gasteiger partial charge in [-0.25, -0.2) is 0 Å². The average Bonchev–Trinajstić information content (AvgIpc) is 2.66. The number of rotatable bonds is 6. The van der Waals surface area contributed by atoms with Gasteiger partial charge in [-0.05, 0) is 40.9 Å². The summed E-state index contributed by atoms with van der Waals surface area (Å²) in [6.07, 6.45) is 4.98. The molecule has 100 valence electrons. The summed E-state index contributed by atoms with van der Waals surface area (Å²) in [6, 6.07) is 8.76. The van der Waals surface area contributed by atoms with Crippen molar-refractivity contribution in [2.45, 2.75) is 44.6 Å². The first-order valence-electron chi connectivity index (χ1n) is 7.06. The number of halogens is 1. The SMILES string of the molecule is CCCCN1c2ccccc2N(CCCC)C1Br. The van der Waals surface area contributed by atoms with Crippen LogP contribution in [0.1, 0.15) is 39.5 Å². The lowest BCUT2D eigenvalue weighted by molar-refractivity contribution is 0.667. The minimum absolute atomic E-state index is 0.327. The van der Waals surface area contributed by atoms with Crippen LogP contribution in [-0.4, -0.2) is 18.2 Å². The van der Waals surface area contributed by atoms with E-state index in [0.29, 0.717) is 5.08 Å². The van der Waals surface area contributed by atoms with Crippen LogP contribution in [0.4, 0.5) is 11.4 Å². The summed E-state index contributed by atoms with van der Waals surface area (Å²) in [5.74, 6) is 0. The molecule has 0 radical (unpaired) electrons. The zero-order valence-electron chi connectivity index (χ0n) is 11.4. The molecular weight excluding hydrogens is 288 g/mol. The molecule has 2 nitrogen and oxygen atoms in total. The van der Waals surface area contributed by atoms with Gasteiger partial charge in [-0.2, -0.15) is 0 Å². The molecule has 0 N–H and O–H groups in total. The molecule has 1 aromatic carbocycles. The summed E-state index contributed by atoms with van der Waals surface area (Å²) in [7, 11) is 0. The molecule has 0 aliphatic carbocycles. The van der Waals surface area contributed by atoms with Gasteiger partial charge in [-0.1, -0.05) is 38.8 Å². The molecule has 3 heteroatoms. The Hall–Kier alpha value is -0.700. The second-order valence-electron chi connectivity index (χ2n) is 4.89. The van der Waals surface area contributed by atoms with Crippen LogP contribution in [0.2, 0.25) is 0 Å². The predicted octanol–water partition coefficient (Wildman–Crippen LogP) is 4.59. The number of alkyl halides is 1. The van der Waals surface area contributed by atoms with Gasteiger partial charge in [-0.15, -0.1) is 0 Å². The highest BCUT2D eigenvalue weighted by molar-refractivity contribution is 9.09. The summed E-state index contributed by atoms with van der Waals surface area (Å²) in [5.41, 5.74) is 2.76. The van der Waals surface area contributed by atoms with E-state index in [1.807, 2.05) is 0 Å². The first-order chi connectivity index (χ1) is 8.79. The van der Waals surface area contributed by atoms with Gasteiger partial charge in [0.05, 0.1) is 11.4 Å². The number of anilines is 2. The topological polar surface area (TPSA) is 6.48 Å². The van der Waals surface area contributed by atoms with Crippen molar-refractivity contribution in [1.82, 2.24) is 0 Å². The first kappa shape index (κ1) is 13.7. The summed E-state index contributed by atoms with van der Waals surface area (Å²) in [5, 5.41) is 0.327. The van der Waals surface area contributed by atoms with Crippen molar-refractivity contribution in [2.24, 2.45) is 0 Å². The number of benzene rings is 1. The molecule has 1 aliphatic rings. The predicted molar refractivity (Wildman–Crippen MR) is 83.7 cm³/mol. The Labute approximate surface area is 119 Å². The van der Waals surface area contributed by atoms with Crippen molar-refractivity contribution >= 4 is 27.3 Å². The standard InChI is InChI=1S/C15H23BrN2/c1-3-5-11-17-13-9-7-8-10-14(13)18(15(17)16)12-6-4-2/h7-10,15H,3-6,11-12H2,1-2H3. The number of hydrogen-bond donors (Lipinski definition) is 0. The third-order valence-corrected chi connectivity index (χ3v) is 4.51. The first-order valence-corrected chi connectivity index (χ1v) is 7.97. The van der Waals surface area contributed by atoms with Crippen LogP contribution in [-0.2, 0) is 0 Å². The van der Waals surface area contributed by atoms with Crippen molar-refractivity contribution < 1.29 is 0 Å². The summed E-state index contributed by atoms with van der Waals surface area (Å²) in [6.45, 7) is 6.76. The lowest BCUT2D eigenvalue weighted by atomic mass is 10.2. The second-order valence-corrected chi connectivity index (χ2v) is 5.71. The number of nitrogens with zero attached hydrogens (tertiary/aromatic N) is 2. The molecule has 1 heterocycles. The van der Waals surface area contributed by atoms with Crippen molar-refractivity contribution in [3.63, 3.8) is 0 Å².